The van der Waals surface area contributed by atoms with Crippen molar-refractivity contribution in [3.8, 4) is 0 Å². The molecule has 0 aliphatic rings. The van der Waals surface area contributed by atoms with Crippen LogP contribution in [0.15, 0.2) is 182 Å². The third-order valence-corrected chi connectivity index (χ3v) is 8.26. The van der Waals surface area contributed by atoms with Crippen molar-refractivity contribution in [2.24, 2.45) is 0 Å². The first-order valence-electron chi connectivity index (χ1n) is 13.9. The first-order chi connectivity index (χ1) is 20.1. The van der Waals surface area contributed by atoms with Crippen LogP contribution in [0.2, 0.25) is 0 Å². The lowest BCUT2D eigenvalue weighted by Crippen LogP contribution is -2.63. The van der Waals surface area contributed by atoms with E-state index in [0.29, 0.717) is 16.7 Å². The Bertz CT molecular complexity index is 1530. The van der Waals surface area contributed by atoms with Gasteiger partial charge in [-0.2, -0.15) is 0 Å². The van der Waals surface area contributed by atoms with E-state index in [2.05, 4.69) is 0 Å². The normalized spacial score (nSPS) is 13.3. The van der Waals surface area contributed by atoms with Crippen molar-refractivity contribution in [2.45, 2.75) is 16.6 Å². The second-order valence-corrected chi connectivity index (χ2v) is 10.4. The molecule has 0 fully saturated rings. The van der Waals surface area contributed by atoms with Crippen molar-refractivity contribution in [3.05, 3.63) is 215 Å². The van der Waals surface area contributed by atoms with Crippen LogP contribution in [0.1, 0.15) is 33.4 Å². The average molecular weight is 533 g/mol. The molecule has 6 rings (SSSR count). The van der Waals surface area contributed by atoms with Gasteiger partial charge >= 0.3 is 0 Å². The van der Waals surface area contributed by atoms with E-state index in [0.717, 1.165) is 16.7 Å². The molecule has 0 aliphatic heterocycles. The monoisotopic (exact) mass is 532 g/mol. The summed E-state index contributed by atoms with van der Waals surface area (Å²) in [5, 5.41) is 27.7. The minimum absolute atomic E-state index is 0.588. The first-order valence-corrected chi connectivity index (χ1v) is 13.9. The van der Waals surface area contributed by atoms with Gasteiger partial charge in [0.1, 0.15) is 11.2 Å². The molecule has 2 nitrogen and oxygen atoms in total. The molecule has 0 bridgehead atoms. The molecule has 1 unspecified atom stereocenters. The molecule has 0 aromatic heterocycles. The van der Waals surface area contributed by atoms with Crippen LogP contribution in [0.25, 0.3) is 0 Å². The third-order valence-electron chi connectivity index (χ3n) is 8.26. The van der Waals surface area contributed by atoms with E-state index in [1.54, 1.807) is 0 Å². The summed E-state index contributed by atoms with van der Waals surface area (Å²) >= 11 is 0. The Morgan fingerprint density at radius 2 is 0.488 bits per heavy atom. The van der Waals surface area contributed by atoms with Crippen LogP contribution in [0.3, 0.4) is 0 Å². The number of benzene rings is 6. The van der Waals surface area contributed by atoms with Gasteiger partial charge in [-0.3, -0.25) is 0 Å². The van der Waals surface area contributed by atoms with Gasteiger partial charge < -0.3 is 10.2 Å². The molecule has 0 saturated carbocycles. The molecule has 1 atom stereocenters. The van der Waals surface area contributed by atoms with Gasteiger partial charge in [0.25, 0.3) is 0 Å². The summed E-state index contributed by atoms with van der Waals surface area (Å²) in [6.07, 6.45) is 0. The molecule has 6 aromatic rings. The van der Waals surface area contributed by atoms with Crippen molar-refractivity contribution in [1.82, 2.24) is 0 Å². The van der Waals surface area contributed by atoms with Gasteiger partial charge in [-0.15, -0.1) is 0 Å². The Morgan fingerprint density at radius 1 is 0.268 bits per heavy atom. The largest absolute Gasteiger partial charge is 0.380 e. The fourth-order valence-electron chi connectivity index (χ4n) is 6.51. The van der Waals surface area contributed by atoms with Crippen molar-refractivity contribution < 1.29 is 10.2 Å². The molecule has 2 heteroatoms. The molecule has 2 N–H and O–H groups in total. The highest BCUT2D eigenvalue weighted by Gasteiger charge is 2.66. The standard InChI is InChI=1S/C39H32O2/c40-38(34-25-13-4-14-26-34,35-27-15-5-16-28-35)39(41,36-29-17-6-18-30-36)37(31-19-7-1-8-20-31,32-21-9-2-10-22-32)33-23-11-3-12-24-33/h1-30,40-41H. The molecule has 0 spiro atoms. The van der Waals surface area contributed by atoms with Crippen molar-refractivity contribution in [1.29, 1.82) is 0 Å². The van der Waals surface area contributed by atoms with E-state index in [1.807, 2.05) is 182 Å². The number of hydrogen-bond acceptors (Lipinski definition) is 2. The fraction of sp³-hybridized carbons (Fsp3) is 0.0769. The number of rotatable bonds is 8. The van der Waals surface area contributed by atoms with Crippen LogP contribution in [0, 0.1) is 0 Å². The van der Waals surface area contributed by atoms with E-state index >= 15 is 0 Å². The molecule has 0 aliphatic carbocycles. The predicted octanol–water partition coefficient (Wildman–Crippen LogP) is 7.84. The quantitative estimate of drug-likeness (QED) is 0.196. The molecule has 0 heterocycles. The summed E-state index contributed by atoms with van der Waals surface area (Å²) in [7, 11) is 0. The molecule has 0 amide bonds. The lowest BCUT2D eigenvalue weighted by molar-refractivity contribution is -0.168. The molecule has 200 valence electrons. The van der Waals surface area contributed by atoms with Crippen LogP contribution in [0.4, 0.5) is 0 Å². The molecule has 0 saturated heterocycles. The zero-order chi connectivity index (χ0) is 28.2. The highest BCUT2D eigenvalue weighted by molar-refractivity contribution is 5.61. The second-order valence-electron chi connectivity index (χ2n) is 10.4. The van der Waals surface area contributed by atoms with Crippen molar-refractivity contribution >= 4 is 0 Å². The van der Waals surface area contributed by atoms with Crippen LogP contribution >= 0.6 is 0 Å². The summed E-state index contributed by atoms with van der Waals surface area (Å²) in [6, 6.07) is 58.8. The minimum atomic E-state index is -1.96. The third kappa shape index (κ3) is 4.12. The van der Waals surface area contributed by atoms with Gasteiger partial charge in [0, 0.05) is 0 Å². The highest BCUT2D eigenvalue weighted by Crippen LogP contribution is 2.61. The maximum Gasteiger partial charge on any atom is 0.149 e. The highest BCUT2D eigenvalue weighted by atomic mass is 16.4. The van der Waals surface area contributed by atoms with Gasteiger partial charge in [0.15, 0.2) is 0 Å². The van der Waals surface area contributed by atoms with Crippen LogP contribution in [-0.4, -0.2) is 10.2 Å². The molecule has 0 radical (unpaired) electrons. The van der Waals surface area contributed by atoms with Crippen molar-refractivity contribution in [3.63, 3.8) is 0 Å². The van der Waals surface area contributed by atoms with E-state index in [-0.39, 0.29) is 0 Å². The summed E-state index contributed by atoms with van der Waals surface area (Å²) in [6.45, 7) is 0. The Kier molecular flexibility index (Phi) is 7.11. The lowest BCUT2D eigenvalue weighted by Gasteiger charge is -2.56. The van der Waals surface area contributed by atoms with Gasteiger partial charge in [-0.1, -0.05) is 182 Å². The zero-order valence-electron chi connectivity index (χ0n) is 22.7. The Labute approximate surface area is 241 Å². The molecular formula is C39H32O2. The van der Waals surface area contributed by atoms with Gasteiger partial charge in [-0.05, 0) is 33.4 Å². The molecule has 41 heavy (non-hydrogen) atoms. The van der Waals surface area contributed by atoms with Crippen LogP contribution < -0.4 is 0 Å². The maximum absolute atomic E-state index is 14.1. The summed E-state index contributed by atoms with van der Waals surface area (Å²) in [5.41, 5.74) is -0.802. The van der Waals surface area contributed by atoms with Crippen LogP contribution in [0.5, 0.6) is 0 Å². The Balaban J connectivity index is 1.89. The fourth-order valence-corrected chi connectivity index (χ4v) is 6.51. The van der Waals surface area contributed by atoms with Gasteiger partial charge in [0.2, 0.25) is 0 Å². The molecular weight excluding hydrogens is 500 g/mol. The Hall–Kier alpha value is -4.76. The predicted molar refractivity (Wildman–Crippen MR) is 165 cm³/mol. The summed E-state index contributed by atoms with van der Waals surface area (Å²) in [5.74, 6) is 0. The van der Waals surface area contributed by atoms with E-state index in [9.17, 15) is 10.2 Å². The Morgan fingerprint density at radius 3 is 0.756 bits per heavy atom. The maximum atomic E-state index is 14.1. The number of aliphatic hydroxyl groups is 2. The second kappa shape index (κ2) is 11.0. The average Bonchev–Trinajstić information content (AvgIpc) is 3.07. The van der Waals surface area contributed by atoms with Crippen LogP contribution in [-0.2, 0) is 16.6 Å². The summed E-state index contributed by atoms with van der Waals surface area (Å²) < 4.78 is 0. The lowest BCUT2D eigenvalue weighted by atomic mass is 9.50. The van der Waals surface area contributed by atoms with Crippen molar-refractivity contribution in [2.75, 3.05) is 0 Å². The van der Waals surface area contributed by atoms with E-state index in [1.165, 1.54) is 0 Å². The minimum Gasteiger partial charge on any atom is -0.380 e. The van der Waals surface area contributed by atoms with Gasteiger partial charge in [-0.25, -0.2) is 0 Å². The van der Waals surface area contributed by atoms with Gasteiger partial charge in [0.05, 0.1) is 5.41 Å². The first kappa shape index (κ1) is 26.5. The molecule has 6 aromatic carbocycles. The zero-order valence-corrected chi connectivity index (χ0v) is 22.7. The summed E-state index contributed by atoms with van der Waals surface area (Å²) in [4.78, 5) is 0. The topological polar surface area (TPSA) is 40.5 Å². The smallest absolute Gasteiger partial charge is 0.149 e. The number of hydrogen-bond donors (Lipinski definition) is 2. The SMILES string of the molecule is OC(c1ccccc1)(c1ccccc1)C(O)(c1ccccc1)C(c1ccccc1)(c1ccccc1)c1ccccc1. The van der Waals surface area contributed by atoms with E-state index < -0.39 is 16.6 Å². The van der Waals surface area contributed by atoms with E-state index in [4.69, 9.17) is 0 Å².